The maximum atomic E-state index is 10.5. The van der Waals surface area contributed by atoms with E-state index in [0.29, 0.717) is 17.0 Å². The van der Waals surface area contributed by atoms with Crippen molar-refractivity contribution in [2.24, 2.45) is 0 Å². The van der Waals surface area contributed by atoms with Crippen molar-refractivity contribution in [3.05, 3.63) is 42.0 Å². The zero-order valence-electron chi connectivity index (χ0n) is 15.6. The van der Waals surface area contributed by atoms with Gasteiger partial charge >= 0.3 is 0 Å². The monoisotopic (exact) mass is 399 g/mol. The Morgan fingerprint density at radius 3 is 2.59 bits per heavy atom. The molecule has 4 atom stereocenters. The van der Waals surface area contributed by atoms with Crippen molar-refractivity contribution in [2.75, 3.05) is 19.5 Å². The Kier molecular flexibility index (Phi) is 5.16. The van der Waals surface area contributed by atoms with Gasteiger partial charge in [-0.3, -0.25) is 4.57 Å². The number of aliphatic hydroxyl groups is 3. The molecule has 1 aliphatic rings. The summed E-state index contributed by atoms with van der Waals surface area (Å²) in [6, 6.07) is 7.42. The molecule has 0 aliphatic carbocycles. The van der Waals surface area contributed by atoms with E-state index >= 15 is 0 Å². The van der Waals surface area contributed by atoms with E-state index in [4.69, 9.17) is 15.2 Å². The van der Waals surface area contributed by atoms with Crippen LogP contribution in [0.5, 0.6) is 5.75 Å². The molecular formula is C19H21N5O5. The SMILES string of the molecule is COc1ccc(/C=C/c2nc3c(N)ncnc3n2[C@@H]2O[C@H](CO)[C@@H](O)[C@H]2O)cc1. The quantitative estimate of drug-likeness (QED) is 0.472. The van der Waals surface area contributed by atoms with Gasteiger partial charge < -0.3 is 30.5 Å². The Hall–Kier alpha value is -3.05. The van der Waals surface area contributed by atoms with Gasteiger partial charge in [0, 0.05) is 0 Å². The van der Waals surface area contributed by atoms with Crippen molar-refractivity contribution in [1.82, 2.24) is 19.5 Å². The first-order chi connectivity index (χ1) is 14.0. The van der Waals surface area contributed by atoms with E-state index in [-0.39, 0.29) is 5.82 Å². The molecule has 1 fully saturated rings. The van der Waals surface area contributed by atoms with Crippen molar-refractivity contribution in [3.8, 4) is 5.75 Å². The van der Waals surface area contributed by atoms with E-state index in [1.807, 2.05) is 30.3 Å². The Balaban J connectivity index is 1.78. The minimum absolute atomic E-state index is 0.180. The van der Waals surface area contributed by atoms with Crippen LogP contribution in [-0.4, -0.2) is 66.9 Å². The van der Waals surface area contributed by atoms with Gasteiger partial charge in [-0.05, 0) is 23.8 Å². The van der Waals surface area contributed by atoms with Crippen LogP contribution in [0.3, 0.4) is 0 Å². The second-order valence-corrected chi connectivity index (χ2v) is 6.61. The van der Waals surface area contributed by atoms with E-state index < -0.39 is 31.1 Å². The molecule has 152 valence electrons. The zero-order valence-corrected chi connectivity index (χ0v) is 15.6. The van der Waals surface area contributed by atoms with E-state index in [2.05, 4.69) is 15.0 Å². The van der Waals surface area contributed by atoms with Crippen LogP contribution >= 0.6 is 0 Å². The molecule has 0 bridgehead atoms. The smallest absolute Gasteiger partial charge is 0.168 e. The van der Waals surface area contributed by atoms with Gasteiger partial charge in [-0.15, -0.1) is 0 Å². The maximum Gasteiger partial charge on any atom is 0.168 e. The fraction of sp³-hybridized carbons (Fsp3) is 0.316. The molecule has 1 aliphatic heterocycles. The van der Waals surface area contributed by atoms with Crippen molar-refractivity contribution < 1.29 is 24.8 Å². The molecule has 1 saturated heterocycles. The van der Waals surface area contributed by atoms with Crippen LogP contribution in [0, 0.1) is 0 Å². The molecule has 0 amide bonds. The molecule has 0 saturated carbocycles. The Bertz CT molecular complexity index is 1040. The molecule has 2 aromatic heterocycles. The highest BCUT2D eigenvalue weighted by Gasteiger charge is 2.44. The molecular weight excluding hydrogens is 378 g/mol. The third kappa shape index (κ3) is 3.42. The summed E-state index contributed by atoms with van der Waals surface area (Å²) in [4.78, 5) is 12.7. The summed E-state index contributed by atoms with van der Waals surface area (Å²) >= 11 is 0. The van der Waals surface area contributed by atoms with Gasteiger partial charge in [0.25, 0.3) is 0 Å². The first kappa shape index (κ1) is 19.3. The predicted molar refractivity (Wildman–Crippen MR) is 105 cm³/mol. The molecule has 29 heavy (non-hydrogen) atoms. The lowest BCUT2D eigenvalue weighted by Crippen LogP contribution is -2.33. The van der Waals surface area contributed by atoms with E-state index in [0.717, 1.165) is 11.3 Å². The minimum Gasteiger partial charge on any atom is -0.497 e. The van der Waals surface area contributed by atoms with Gasteiger partial charge in [0.1, 0.15) is 36.2 Å². The average Bonchev–Trinajstić information content (AvgIpc) is 3.25. The second kappa shape index (κ2) is 7.76. The van der Waals surface area contributed by atoms with Crippen molar-refractivity contribution in [2.45, 2.75) is 24.5 Å². The largest absolute Gasteiger partial charge is 0.497 e. The molecule has 1 aromatic carbocycles. The fourth-order valence-corrected chi connectivity index (χ4v) is 3.29. The number of benzene rings is 1. The number of methoxy groups -OCH3 is 1. The Morgan fingerprint density at radius 1 is 1.17 bits per heavy atom. The average molecular weight is 399 g/mol. The highest BCUT2D eigenvalue weighted by Crippen LogP contribution is 2.34. The molecule has 0 spiro atoms. The number of nitrogens with zero attached hydrogens (tertiary/aromatic N) is 4. The highest BCUT2D eigenvalue weighted by molar-refractivity contribution is 5.84. The van der Waals surface area contributed by atoms with Crippen LogP contribution in [0.1, 0.15) is 17.6 Å². The lowest BCUT2D eigenvalue weighted by atomic mass is 10.1. The summed E-state index contributed by atoms with van der Waals surface area (Å²) in [5.41, 5.74) is 7.52. The highest BCUT2D eigenvalue weighted by atomic mass is 16.6. The number of rotatable bonds is 5. The van der Waals surface area contributed by atoms with Crippen LogP contribution in [0.2, 0.25) is 0 Å². The summed E-state index contributed by atoms with van der Waals surface area (Å²) in [7, 11) is 1.60. The first-order valence-electron chi connectivity index (χ1n) is 8.96. The third-order valence-electron chi connectivity index (χ3n) is 4.84. The molecule has 3 heterocycles. The van der Waals surface area contributed by atoms with Crippen LogP contribution in [0.4, 0.5) is 5.82 Å². The number of aromatic nitrogens is 4. The van der Waals surface area contributed by atoms with E-state index in [9.17, 15) is 15.3 Å². The van der Waals surface area contributed by atoms with Gasteiger partial charge in [0.15, 0.2) is 23.2 Å². The number of hydrogen-bond acceptors (Lipinski definition) is 9. The van der Waals surface area contributed by atoms with Crippen LogP contribution < -0.4 is 10.5 Å². The number of anilines is 1. The van der Waals surface area contributed by atoms with Gasteiger partial charge in [0.05, 0.1) is 13.7 Å². The Morgan fingerprint density at radius 2 is 1.93 bits per heavy atom. The summed E-state index contributed by atoms with van der Waals surface area (Å²) in [5.74, 6) is 1.32. The first-order valence-corrected chi connectivity index (χ1v) is 8.96. The van der Waals surface area contributed by atoms with Crippen LogP contribution in [0.15, 0.2) is 30.6 Å². The fourth-order valence-electron chi connectivity index (χ4n) is 3.29. The summed E-state index contributed by atoms with van der Waals surface area (Å²) < 4.78 is 12.4. The maximum absolute atomic E-state index is 10.5. The number of nitrogens with two attached hydrogens (primary N) is 1. The molecule has 10 nitrogen and oxygen atoms in total. The number of fused-ring (bicyclic) bond motifs is 1. The van der Waals surface area contributed by atoms with Crippen LogP contribution in [0.25, 0.3) is 23.3 Å². The number of ether oxygens (including phenoxy) is 2. The van der Waals surface area contributed by atoms with Crippen LogP contribution in [-0.2, 0) is 4.74 Å². The van der Waals surface area contributed by atoms with Gasteiger partial charge in [0.2, 0.25) is 0 Å². The zero-order chi connectivity index (χ0) is 20.5. The molecule has 10 heteroatoms. The molecule has 3 aromatic rings. The number of imidazole rings is 1. The van der Waals surface area contributed by atoms with Crippen molar-refractivity contribution >= 4 is 29.1 Å². The normalized spacial score (nSPS) is 24.6. The van der Waals surface area contributed by atoms with Gasteiger partial charge in [-0.25, -0.2) is 15.0 Å². The number of hydrogen-bond donors (Lipinski definition) is 4. The summed E-state index contributed by atoms with van der Waals surface area (Å²) in [6.07, 6.45) is 0.365. The predicted octanol–water partition coefficient (Wildman–Crippen LogP) is 0.199. The van der Waals surface area contributed by atoms with Crippen molar-refractivity contribution in [1.29, 1.82) is 0 Å². The molecule has 0 unspecified atom stereocenters. The van der Waals surface area contributed by atoms with E-state index in [1.165, 1.54) is 10.9 Å². The summed E-state index contributed by atoms with van der Waals surface area (Å²) in [5, 5.41) is 30.0. The van der Waals surface area contributed by atoms with Crippen molar-refractivity contribution in [3.63, 3.8) is 0 Å². The number of aliphatic hydroxyl groups excluding tert-OH is 3. The third-order valence-corrected chi connectivity index (χ3v) is 4.84. The summed E-state index contributed by atoms with van der Waals surface area (Å²) in [6.45, 7) is -0.435. The molecule has 5 N–H and O–H groups in total. The second-order valence-electron chi connectivity index (χ2n) is 6.61. The lowest BCUT2D eigenvalue weighted by molar-refractivity contribution is -0.0513. The standard InChI is InChI=1S/C19H21N5O5/c1-28-11-5-2-10(3-6-11)4-7-13-23-14-17(20)21-9-22-18(14)24(13)19-16(27)15(26)12(8-25)29-19/h2-7,9,12,15-16,19,25-27H,8H2,1H3,(H2,20,21,22)/b7-4+/t12-,15-,16-,19-/m1/s1. The van der Waals surface area contributed by atoms with Gasteiger partial charge in [-0.1, -0.05) is 18.2 Å². The topological polar surface area (TPSA) is 149 Å². The van der Waals surface area contributed by atoms with E-state index in [1.54, 1.807) is 13.2 Å². The molecule has 4 rings (SSSR count). The molecule has 0 radical (unpaired) electrons. The Labute approximate surface area is 165 Å². The van der Waals surface area contributed by atoms with Gasteiger partial charge in [-0.2, -0.15) is 0 Å². The number of nitrogen functional groups attached to an aromatic ring is 1. The lowest BCUT2D eigenvalue weighted by Gasteiger charge is -2.18. The minimum atomic E-state index is -1.28.